The van der Waals surface area contributed by atoms with E-state index < -0.39 is 5.97 Å². The van der Waals surface area contributed by atoms with Gasteiger partial charge in [-0.2, -0.15) is 0 Å². The van der Waals surface area contributed by atoms with Crippen molar-refractivity contribution < 1.29 is 14.3 Å². The molecule has 2 aromatic carbocycles. The lowest BCUT2D eigenvalue weighted by molar-refractivity contribution is -0.136. The first-order valence-corrected chi connectivity index (χ1v) is 7.22. The van der Waals surface area contributed by atoms with Gasteiger partial charge in [0.25, 0.3) is 0 Å². The highest BCUT2D eigenvalue weighted by molar-refractivity contribution is 6.35. The smallest absolute Gasteiger partial charge is 0.349 e. The molecule has 2 aromatic rings. The first-order chi connectivity index (χ1) is 10.1. The molecule has 0 aromatic heterocycles. The molecule has 2 rings (SSSR count). The van der Waals surface area contributed by atoms with Crippen LogP contribution >= 0.6 is 23.2 Å². The molecular formula is C16H14Cl2O3. The Labute approximate surface area is 133 Å². The Bertz CT molecular complexity index is 641. The van der Waals surface area contributed by atoms with Gasteiger partial charge in [0.15, 0.2) is 6.61 Å². The number of hydrogen-bond acceptors (Lipinski definition) is 3. The summed E-state index contributed by atoms with van der Waals surface area (Å²) in [6, 6.07) is 12.2. The zero-order chi connectivity index (χ0) is 15.2. The number of carbonyl (C=O) groups excluding carboxylic acids is 1. The van der Waals surface area contributed by atoms with Gasteiger partial charge in [0.1, 0.15) is 11.5 Å². The van der Waals surface area contributed by atoms with Crippen LogP contribution in [0.2, 0.25) is 10.0 Å². The molecule has 3 nitrogen and oxygen atoms in total. The van der Waals surface area contributed by atoms with E-state index in [0.29, 0.717) is 10.8 Å². The highest BCUT2D eigenvalue weighted by Crippen LogP contribution is 2.27. The molecule has 0 spiro atoms. The molecule has 0 radical (unpaired) electrons. The molecule has 0 bridgehead atoms. The van der Waals surface area contributed by atoms with Crippen LogP contribution in [0.1, 0.15) is 12.5 Å². The van der Waals surface area contributed by atoms with Gasteiger partial charge in [0, 0.05) is 5.02 Å². The minimum atomic E-state index is -0.523. The number of para-hydroxylation sites is 1. The van der Waals surface area contributed by atoms with Gasteiger partial charge in [0.05, 0.1) is 5.02 Å². The fraction of sp³-hybridized carbons (Fsp3) is 0.188. The van der Waals surface area contributed by atoms with E-state index in [0.717, 1.165) is 12.0 Å². The van der Waals surface area contributed by atoms with Gasteiger partial charge >= 0.3 is 5.97 Å². The predicted molar refractivity (Wildman–Crippen MR) is 83.4 cm³/mol. The van der Waals surface area contributed by atoms with Crippen molar-refractivity contribution in [3.8, 4) is 11.5 Å². The standard InChI is InChI=1S/C16H14Cl2O3/c1-2-11-5-3-4-6-14(11)20-10-16(19)21-15-8-7-12(17)9-13(15)18/h3-9H,2,10H2,1H3. The molecule has 21 heavy (non-hydrogen) atoms. The molecule has 5 heteroatoms. The maximum atomic E-state index is 11.8. The highest BCUT2D eigenvalue weighted by Gasteiger charge is 2.10. The van der Waals surface area contributed by atoms with Gasteiger partial charge in [-0.25, -0.2) is 4.79 Å². The van der Waals surface area contributed by atoms with Crippen LogP contribution in [0.25, 0.3) is 0 Å². The summed E-state index contributed by atoms with van der Waals surface area (Å²) in [5.41, 5.74) is 1.04. The van der Waals surface area contributed by atoms with E-state index in [1.807, 2.05) is 31.2 Å². The maximum absolute atomic E-state index is 11.8. The van der Waals surface area contributed by atoms with E-state index >= 15 is 0 Å². The first kappa shape index (κ1) is 15.7. The third-order valence-corrected chi connectivity index (χ3v) is 3.35. The molecule has 0 N–H and O–H groups in total. The lowest BCUT2D eigenvalue weighted by atomic mass is 10.1. The largest absolute Gasteiger partial charge is 0.482 e. The van der Waals surface area contributed by atoms with Crippen LogP contribution in [0.5, 0.6) is 11.5 Å². The van der Waals surface area contributed by atoms with Crippen LogP contribution in [-0.2, 0) is 11.2 Å². The van der Waals surface area contributed by atoms with Crippen molar-refractivity contribution in [3.05, 3.63) is 58.1 Å². The van der Waals surface area contributed by atoms with E-state index in [9.17, 15) is 4.79 Å². The summed E-state index contributed by atoms with van der Waals surface area (Å²) in [7, 11) is 0. The second-order valence-corrected chi connectivity index (χ2v) is 5.14. The molecule has 0 aliphatic rings. The highest BCUT2D eigenvalue weighted by atomic mass is 35.5. The number of ether oxygens (including phenoxy) is 2. The molecule has 0 amide bonds. The molecule has 0 aliphatic heterocycles. The van der Waals surface area contributed by atoms with E-state index in [2.05, 4.69) is 0 Å². The summed E-state index contributed by atoms with van der Waals surface area (Å²) in [5, 5.41) is 0.762. The molecular weight excluding hydrogens is 311 g/mol. The van der Waals surface area contributed by atoms with E-state index in [1.54, 1.807) is 12.1 Å². The number of halogens is 2. The lowest BCUT2D eigenvalue weighted by Gasteiger charge is -2.10. The third kappa shape index (κ3) is 4.38. The number of hydrogen-bond donors (Lipinski definition) is 0. The summed E-state index contributed by atoms with van der Waals surface area (Å²) in [5.74, 6) is 0.419. The molecule has 0 aliphatic carbocycles. The average Bonchev–Trinajstić information content (AvgIpc) is 2.48. The second kappa shape index (κ2) is 7.34. The van der Waals surface area contributed by atoms with Gasteiger partial charge in [-0.3, -0.25) is 0 Å². The summed E-state index contributed by atoms with van der Waals surface area (Å²) in [6.07, 6.45) is 0.828. The van der Waals surface area contributed by atoms with Gasteiger partial charge < -0.3 is 9.47 Å². The summed E-state index contributed by atoms with van der Waals surface area (Å²) < 4.78 is 10.6. The monoisotopic (exact) mass is 324 g/mol. The number of carbonyl (C=O) groups is 1. The normalized spacial score (nSPS) is 10.2. The van der Waals surface area contributed by atoms with Crippen LogP contribution in [0.4, 0.5) is 0 Å². The van der Waals surface area contributed by atoms with Crippen molar-refractivity contribution in [2.75, 3.05) is 6.61 Å². The first-order valence-electron chi connectivity index (χ1n) is 6.46. The average molecular weight is 325 g/mol. The minimum Gasteiger partial charge on any atom is -0.482 e. The van der Waals surface area contributed by atoms with Crippen molar-refractivity contribution in [2.24, 2.45) is 0 Å². The van der Waals surface area contributed by atoms with E-state index in [-0.39, 0.29) is 17.4 Å². The molecule has 0 atom stereocenters. The molecule has 0 unspecified atom stereocenters. The third-order valence-electron chi connectivity index (χ3n) is 2.82. The van der Waals surface area contributed by atoms with Crippen LogP contribution in [0.15, 0.2) is 42.5 Å². The molecule has 0 fully saturated rings. The van der Waals surface area contributed by atoms with Crippen molar-refractivity contribution in [2.45, 2.75) is 13.3 Å². The van der Waals surface area contributed by atoms with Gasteiger partial charge in [-0.15, -0.1) is 0 Å². The van der Waals surface area contributed by atoms with Crippen molar-refractivity contribution >= 4 is 29.2 Å². The minimum absolute atomic E-state index is 0.185. The summed E-state index contributed by atoms with van der Waals surface area (Å²) in [4.78, 5) is 11.8. The molecule has 0 saturated carbocycles. The quantitative estimate of drug-likeness (QED) is 0.598. The Hall–Kier alpha value is -1.71. The number of aryl methyl sites for hydroxylation is 1. The summed E-state index contributed by atoms with van der Waals surface area (Å²) >= 11 is 11.7. The number of benzene rings is 2. The van der Waals surface area contributed by atoms with Gasteiger partial charge in [-0.05, 0) is 36.2 Å². The van der Waals surface area contributed by atoms with Crippen LogP contribution in [-0.4, -0.2) is 12.6 Å². The predicted octanol–water partition coefficient (Wildman–Crippen LogP) is 4.54. The Morgan fingerprint density at radius 1 is 1.10 bits per heavy atom. The van der Waals surface area contributed by atoms with Crippen molar-refractivity contribution in [1.29, 1.82) is 0 Å². The van der Waals surface area contributed by atoms with Crippen molar-refractivity contribution in [3.63, 3.8) is 0 Å². The fourth-order valence-corrected chi connectivity index (χ4v) is 2.23. The van der Waals surface area contributed by atoms with Crippen LogP contribution in [0, 0.1) is 0 Å². The molecule has 0 saturated heterocycles. The zero-order valence-electron chi connectivity index (χ0n) is 11.4. The van der Waals surface area contributed by atoms with E-state index in [4.69, 9.17) is 32.7 Å². The number of esters is 1. The van der Waals surface area contributed by atoms with Gasteiger partial charge in [0.2, 0.25) is 0 Å². The SMILES string of the molecule is CCc1ccccc1OCC(=O)Oc1ccc(Cl)cc1Cl. The molecule has 110 valence electrons. The van der Waals surface area contributed by atoms with Crippen LogP contribution < -0.4 is 9.47 Å². The topological polar surface area (TPSA) is 35.5 Å². The Balaban J connectivity index is 1.96. The van der Waals surface area contributed by atoms with Crippen molar-refractivity contribution in [1.82, 2.24) is 0 Å². The van der Waals surface area contributed by atoms with Crippen LogP contribution in [0.3, 0.4) is 0 Å². The van der Waals surface area contributed by atoms with E-state index in [1.165, 1.54) is 6.07 Å². The maximum Gasteiger partial charge on any atom is 0.349 e. The zero-order valence-corrected chi connectivity index (χ0v) is 12.9. The lowest BCUT2D eigenvalue weighted by Crippen LogP contribution is -2.18. The molecule has 0 heterocycles. The van der Waals surface area contributed by atoms with Gasteiger partial charge in [-0.1, -0.05) is 48.3 Å². The summed E-state index contributed by atoms with van der Waals surface area (Å²) in [6.45, 7) is 1.84. The Kier molecular flexibility index (Phi) is 5.48. The second-order valence-electron chi connectivity index (χ2n) is 4.30. The number of rotatable bonds is 5. The Morgan fingerprint density at radius 2 is 1.86 bits per heavy atom. The Morgan fingerprint density at radius 3 is 2.57 bits per heavy atom. The fourth-order valence-electron chi connectivity index (χ4n) is 1.78.